The number of ether oxygens (including phenoxy) is 1. The Hall–Kier alpha value is -1.40. The van der Waals surface area contributed by atoms with Crippen LogP contribution in [0.15, 0.2) is 12.7 Å². The molecule has 0 radical (unpaired) electrons. The summed E-state index contributed by atoms with van der Waals surface area (Å²) in [5.41, 5.74) is -0.954. The van der Waals surface area contributed by atoms with E-state index >= 15 is 0 Å². The number of rotatable bonds is 6. The topological polar surface area (TPSA) is 87.1 Å². The van der Waals surface area contributed by atoms with Gasteiger partial charge in [0.05, 0.1) is 6.61 Å². The largest absolute Gasteiger partial charge is 0.460 e. The van der Waals surface area contributed by atoms with Crippen LogP contribution in [0.4, 0.5) is 0 Å². The smallest absolute Gasteiger partial charge is 0.329 e. The van der Waals surface area contributed by atoms with Crippen LogP contribution in [0.2, 0.25) is 0 Å². The van der Waals surface area contributed by atoms with Gasteiger partial charge in [0.1, 0.15) is 18.8 Å². The van der Waals surface area contributed by atoms with E-state index in [0.717, 1.165) is 12.8 Å². The second-order valence-corrected chi connectivity index (χ2v) is 6.01. The van der Waals surface area contributed by atoms with E-state index in [9.17, 15) is 19.8 Å². The third-order valence-electron chi connectivity index (χ3n) is 3.78. The van der Waals surface area contributed by atoms with Crippen molar-refractivity contribution in [2.24, 2.45) is 5.41 Å². The van der Waals surface area contributed by atoms with Gasteiger partial charge in [-0.15, -0.1) is 0 Å². The van der Waals surface area contributed by atoms with E-state index in [2.05, 4.69) is 6.58 Å². The lowest BCUT2D eigenvalue weighted by Gasteiger charge is -2.38. The molecule has 1 rings (SSSR count). The van der Waals surface area contributed by atoms with Crippen LogP contribution in [0.1, 0.15) is 33.1 Å². The monoisotopic (exact) mass is 299 g/mol. The maximum absolute atomic E-state index is 12.4. The lowest BCUT2D eigenvalue weighted by atomic mass is 9.86. The Labute approximate surface area is 125 Å². The number of carbonyl (C=O) groups is 2. The van der Waals surface area contributed by atoms with Crippen molar-refractivity contribution >= 4 is 11.9 Å². The first-order chi connectivity index (χ1) is 9.85. The van der Waals surface area contributed by atoms with Gasteiger partial charge in [-0.2, -0.15) is 0 Å². The molecule has 0 saturated carbocycles. The number of piperidine rings is 1. The molecule has 6 heteroatoms. The molecule has 0 aliphatic carbocycles. The first kappa shape index (κ1) is 17.7. The molecule has 0 spiro atoms. The minimum atomic E-state index is -1.35. The van der Waals surface area contributed by atoms with Crippen LogP contribution >= 0.6 is 0 Å². The lowest BCUT2D eigenvalue weighted by Crippen LogP contribution is -2.55. The first-order valence-corrected chi connectivity index (χ1v) is 7.22. The van der Waals surface area contributed by atoms with Gasteiger partial charge in [0.15, 0.2) is 0 Å². The van der Waals surface area contributed by atoms with Crippen LogP contribution in [-0.2, 0) is 14.3 Å². The molecule has 1 aliphatic rings. The third kappa shape index (κ3) is 4.28. The van der Waals surface area contributed by atoms with E-state index in [4.69, 9.17) is 4.74 Å². The highest BCUT2D eigenvalue weighted by Gasteiger charge is 2.41. The zero-order valence-corrected chi connectivity index (χ0v) is 12.7. The molecule has 0 aromatic carbocycles. The number of amides is 1. The lowest BCUT2D eigenvalue weighted by molar-refractivity contribution is -0.163. The number of nitrogens with zero attached hydrogens (tertiary/aromatic N) is 1. The van der Waals surface area contributed by atoms with E-state index in [1.165, 1.54) is 11.0 Å². The van der Waals surface area contributed by atoms with E-state index in [-0.39, 0.29) is 13.2 Å². The summed E-state index contributed by atoms with van der Waals surface area (Å²) < 4.78 is 5.02. The Morgan fingerprint density at radius 2 is 2.14 bits per heavy atom. The second-order valence-electron chi connectivity index (χ2n) is 6.01. The van der Waals surface area contributed by atoms with Gasteiger partial charge in [-0.25, -0.2) is 4.79 Å². The summed E-state index contributed by atoms with van der Waals surface area (Å²) in [6.07, 6.45) is 2.25. The normalized spacial score (nSPS) is 20.8. The fraction of sp³-hybridized carbons (Fsp3) is 0.733. The molecular weight excluding hydrogens is 274 g/mol. The number of carbonyl (C=O) groups excluding carboxylic acids is 2. The van der Waals surface area contributed by atoms with Crippen LogP contribution in [0.5, 0.6) is 0 Å². The fourth-order valence-electron chi connectivity index (χ4n) is 2.26. The van der Waals surface area contributed by atoms with Gasteiger partial charge >= 0.3 is 5.97 Å². The Balaban J connectivity index is 2.83. The van der Waals surface area contributed by atoms with Gasteiger partial charge in [-0.3, -0.25) is 4.79 Å². The van der Waals surface area contributed by atoms with Crippen molar-refractivity contribution in [2.45, 2.75) is 45.3 Å². The van der Waals surface area contributed by atoms with Crippen molar-refractivity contribution < 1.29 is 24.5 Å². The van der Waals surface area contributed by atoms with Crippen molar-refractivity contribution in [3.63, 3.8) is 0 Å². The number of aliphatic hydroxyl groups is 2. The molecule has 1 saturated heterocycles. The minimum absolute atomic E-state index is 0.0993. The predicted molar refractivity (Wildman–Crippen MR) is 77.4 cm³/mol. The SMILES string of the molecule is C=CCOC(=O)[C@@H]1CCCCN1C(=O)C(O)C(C)(C)CO. The van der Waals surface area contributed by atoms with Crippen LogP contribution < -0.4 is 0 Å². The predicted octanol–water partition coefficient (Wildman–Crippen LogP) is 0.476. The molecule has 1 amide bonds. The highest BCUT2D eigenvalue weighted by atomic mass is 16.5. The molecule has 0 bridgehead atoms. The zero-order valence-electron chi connectivity index (χ0n) is 12.7. The molecule has 2 N–H and O–H groups in total. The Morgan fingerprint density at radius 1 is 1.48 bits per heavy atom. The van der Waals surface area contributed by atoms with Crippen molar-refractivity contribution in [3.8, 4) is 0 Å². The highest BCUT2D eigenvalue weighted by molar-refractivity contribution is 5.87. The van der Waals surface area contributed by atoms with E-state index in [0.29, 0.717) is 13.0 Å². The summed E-state index contributed by atoms with van der Waals surface area (Å²) in [4.78, 5) is 25.8. The standard InChI is InChI=1S/C15H25NO5/c1-4-9-21-14(20)11-7-5-6-8-16(11)13(19)12(18)15(2,3)10-17/h4,11-12,17-18H,1,5-10H2,2-3H3/t11-,12?/m0/s1. The van der Waals surface area contributed by atoms with Crippen molar-refractivity contribution in [1.82, 2.24) is 4.90 Å². The maximum atomic E-state index is 12.4. The highest BCUT2D eigenvalue weighted by Crippen LogP contribution is 2.25. The second kappa shape index (κ2) is 7.56. The van der Waals surface area contributed by atoms with E-state index < -0.39 is 29.4 Å². The number of aliphatic hydroxyl groups excluding tert-OH is 2. The van der Waals surface area contributed by atoms with E-state index in [1.54, 1.807) is 13.8 Å². The van der Waals surface area contributed by atoms with Gasteiger partial charge in [0, 0.05) is 12.0 Å². The van der Waals surface area contributed by atoms with Crippen molar-refractivity contribution in [2.75, 3.05) is 19.8 Å². The van der Waals surface area contributed by atoms with Crippen LogP contribution in [0.3, 0.4) is 0 Å². The molecule has 6 nitrogen and oxygen atoms in total. The zero-order chi connectivity index (χ0) is 16.0. The average molecular weight is 299 g/mol. The molecule has 2 atom stereocenters. The Bertz CT molecular complexity index is 394. The first-order valence-electron chi connectivity index (χ1n) is 7.22. The molecule has 0 aromatic heterocycles. The van der Waals surface area contributed by atoms with Gasteiger partial charge in [-0.1, -0.05) is 26.5 Å². The summed E-state index contributed by atoms with van der Waals surface area (Å²) in [6.45, 7) is 6.87. The molecule has 1 fully saturated rings. The van der Waals surface area contributed by atoms with Gasteiger partial charge in [0.25, 0.3) is 5.91 Å². The van der Waals surface area contributed by atoms with Crippen molar-refractivity contribution in [3.05, 3.63) is 12.7 Å². The van der Waals surface area contributed by atoms with Gasteiger partial charge in [0.2, 0.25) is 0 Å². The van der Waals surface area contributed by atoms with Crippen molar-refractivity contribution in [1.29, 1.82) is 0 Å². The molecule has 120 valence electrons. The Kier molecular flexibility index (Phi) is 6.36. The summed E-state index contributed by atoms with van der Waals surface area (Å²) in [5, 5.41) is 19.4. The van der Waals surface area contributed by atoms with Gasteiger partial charge in [-0.05, 0) is 19.3 Å². The van der Waals surface area contributed by atoms with Crippen LogP contribution in [0, 0.1) is 5.41 Å². The maximum Gasteiger partial charge on any atom is 0.329 e. The molecule has 21 heavy (non-hydrogen) atoms. The molecular formula is C15H25NO5. The number of esters is 1. The van der Waals surface area contributed by atoms with Gasteiger partial charge < -0.3 is 19.8 Å². The quantitative estimate of drug-likeness (QED) is 0.550. The fourth-order valence-corrected chi connectivity index (χ4v) is 2.26. The van der Waals surface area contributed by atoms with Crippen LogP contribution in [0.25, 0.3) is 0 Å². The summed E-state index contributed by atoms with van der Waals surface area (Å²) in [5.74, 6) is -1.01. The summed E-state index contributed by atoms with van der Waals surface area (Å²) >= 11 is 0. The average Bonchev–Trinajstić information content (AvgIpc) is 2.51. The third-order valence-corrected chi connectivity index (χ3v) is 3.78. The number of hydrogen-bond donors (Lipinski definition) is 2. The molecule has 0 aromatic rings. The summed E-state index contributed by atoms with van der Waals surface area (Å²) in [7, 11) is 0. The Morgan fingerprint density at radius 3 is 2.71 bits per heavy atom. The van der Waals surface area contributed by atoms with Crippen LogP contribution in [-0.4, -0.2) is 58.9 Å². The molecule has 1 heterocycles. The number of likely N-dealkylation sites (tertiary alicyclic amines) is 1. The molecule has 1 unspecified atom stereocenters. The molecule has 1 aliphatic heterocycles. The van der Waals surface area contributed by atoms with E-state index in [1.807, 2.05) is 0 Å². The summed E-state index contributed by atoms with van der Waals surface area (Å²) in [6, 6.07) is -0.671. The number of hydrogen-bond acceptors (Lipinski definition) is 5. The minimum Gasteiger partial charge on any atom is -0.460 e.